The van der Waals surface area contributed by atoms with Gasteiger partial charge in [0.2, 0.25) is 0 Å². The number of anilines is 1. The minimum Gasteiger partial charge on any atom is -0.369 e. The fraction of sp³-hybridized carbons (Fsp3) is 0.625. The van der Waals surface area contributed by atoms with Gasteiger partial charge in [0.05, 0.1) is 0 Å². The molecule has 0 unspecified atom stereocenters. The Hall–Kier alpha value is -1.06. The molecule has 1 aliphatic rings. The highest BCUT2D eigenvalue weighted by Gasteiger charge is 2.17. The minimum atomic E-state index is 1.16. The molecule has 0 bridgehead atoms. The van der Waals surface area contributed by atoms with E-state index in [-0.39, 0.29) is 0 Å². The lowest BCUT2D eigenvalue weighted by atomic mass is 10.1. The lowest BCUT2D eigenvalue weighted by Gasteiger charge is -2.37. The van der Waals surface area contributed by atoms with Gasteiger partial charge in [-0.3, -0.25) is 4.90 Å². The first kappa shape index (κ1) is 14.4. The lowest BCUT2D eigenvalue weighted by Crippen LogP contribution is -2.47. The van der Waals surface area contributed by atoms with E-state index in [4.69, 9.17) is 0 Å². The third-order valence-corrected chi connectivity index (χ3v) is 3.91. The third-order valence-electron chi connectivity index (χ3n) is 3.91. The molecule has 1 fully saturated rings. The molecule has 0 atom stereocenters. The Labute approximate surface area is 117 Å². The number of piperazine rings is 1. The van der Waals surface area contributed by atoms with Gasteiger partial charge in [0.1, 0.15) is 0 Å². The van der Waals surface area contributed by atoms with E-state index < -0.39 is 0 Å². The number of para-hydroxylation sites is 1. The van der Waals surface area contributed by atoms with E-state index in [0.29, 0.717) is 0 Å². The summed E-state index contributed by atoms with van der Waals surface area (Å²) in [5.41, 5.74) is 2.80. The second kappa shape index (κ2) is 6.92. The standard InChI is InChI=1S/C16H27N3/c1-15-7-4-5-8-16(15)19-13-11-18(12-14-19)10-6-9-17(2)3/h4-5,7-8H,6,9-14H2,1-3H3. The Morgan fingerprint density at radius 2 is 1.74 bits per heavy atom. The van der Waals surface area contributed by atoms with E-state index in [1.54, 1.807) is 0 Å². The van der Waals surface area contributed by atoms with Crippen LogP contribution in [-0.4, -0.2) is 63.2 Å². The van der Waals surface area contributed by atoms with Gasteiger partial charge in [0, 0.05) is 31.9 Å². The number of nitrogens with zero attached hydrogens (tertiary/aromatic N) is 3. The van der Waals surface area contributed by atoms with Crippen LogP contribution in [0.5, 0.6) is 0 Å². The second-order valence-corrected chi connectivity index (χ2v) is 5.77. The molecule has 0 radical (unpaired) electrons. The van der Waals surface area contributed by atoms with Gasteiger partial charge in [-0.1, -0.05) is 18.2 Å². The van der Waals surface area contributed by atoms with Gasteiger partial charge >= 0.3 is 0 Å². The molecule has 1 heterocycles. The quantitative estimate of drug-likeness (QED) is 0.803. The molecule has 0 aliphatic carbocycles. The van der Waals surface area contributed by atoms with E-state index in [0.717, 1.165) is 13.1 Å². The summed E-state index contributed by atoms with van der Waals surface area (Å²) >= 11 is 0. The van der Waals surface area contributed by atoms with Crippen LogP contribution in [0.15, 0.2) is 24.3 Å². The number of hydrogen-bond donors (Lipinski definition) is 0. The van der Waals surface area contributed by atoms with Crippen LogP contribution in [0.1, 0.15) is 12.0 Å². The Morgan fingerprint density at radius 1 is 1.05 bits per heavy atom. The van der Waals surface area contributed by atoms with Crippen molar-refractivity contribution >= 4 is 5.69 Å². The molecule has 0 N–H and O–H groups in total. The number of hydrogen-bond acceptors (Lipinski definition) is 3. The molecule has 1 aliphatic heterocycles. The van der Waals surface area contributed by atoms with Crippen molar-refractivity contribution in [2.45, 2.75) is 13.3 Å². The van der Waals surface area contributed by atoms with Crippen molar-refractivity contribution in [3.05, 3.63) is 29.8 Å². The predicted octanol–water partition coefficient (Wildman–Crippen LogP) is 2.07. The van der Waals surface area contributed by atoms with Crippen LogP contribution >= 0.6 is 0 Å². The van der Waals surface area contributed by atoms with E-state index in [2.05, 4.69) is 60.0 Å². The fourth-order valence-corrected chi connectivity index (χ4v) is 2.74. The third kappa shape index (κ3) is 4.22. The van der Waals surface area contributed by atoms with Crippen LogP contribution in [0.25, 0.3) is 0 Å². The smallest absolute Gasteiger partial charge is 0.0396 e. The van der Waals surface area contributed by atoms with Gasteiger partial charge in [0.15, 0.2) is 0 Å². The van der Waals surface area contributed by atoms with Crippen molar-refractivity contribution in [2.75, 3.05) is 58.3 Å². The first-order valence-corrected chi connectivity index (χ1v) is 7.34. The summed E-state index contributed by atoms with van der Waals surface area (Å²) in [6.07, 6.45) is 1.28. The van der Waals surface area contributed by atoms with Gasteiger partial charge in [-0.05, 0) is 52.2 Å². The lowest BCUT2D eigenvalue weighted by molar-refractivity contribution is 0.242. The zero-order valence-electron chi connectivity index (χ0n) is 12.6. The van der Waals surface area contributed by atoms with E-state index in [1.807, 2.05) is 0 Å². The molecule has 3 heteroatoms. The highest BCUT2D eigenvalue weighted by molar-refractivity contribution is 5.53. The normalized spacial score (nSPS) is 17.2. The van der Waals surface area contributed by atoms with Crippen LogP contribution < -0.4 is 4.90 Å². The van der Waals surface area contributed by atoms with Gasteiger partial charge in [-0.25, -0.2) is 0 Å². The van der Waals surface area contributed by atoms with E-state index in [9.17, 15) is 0 Å². The average Bonchev–Trinajstić information content (AvgIpc) is 2.40. The molecular weight excluding hydrogens is 234 g/mol. The number of benzene rings is 1. The van der Waals surface area contributed by atoms with Crippen molar-refractivity contribution in [1.29, 1.82) is 0 Å². The monoisotopic (exact) mass is 261 g/mol. The Balaban J connectivity index is 1.78. The summed E-state index contributed by atoms with van der Waals surface area (Å²) in [5, 5.41) is 0. The number of rotatable bonds is 5. The van der Waals surface area contributed by atoms with E-state index >= 15 is 0 Å². The van der Waals surface area contributed by atoms with Crippen LogP contribution in [0.2, 0.25) is 0 Å². The Bertz CT molecular complexity index is 381. The molecule has 19 heavy (non-hydrogen) atoms. The molecular formula is C16H27N3. The molecule has 1 aromatic rings. The summed E-state index contributed by atoms with van der Waals surface area (Å²) in [7, 11) is 4.30. The minimum absolute atomic E-state index is 1.16. The van der Waals surface area contributed by atoms with Crippen molar-refractivity contribution in [3.63, 3.8) is 0 Å². The Kier molecular flexibility index (Phi) is 5.23. The predicted molar refractivity (Wildman–Crippen MR) is 83.0 cm³/mol. The molecule has 1 aromatic carbocycles. The van der Waals surface area contributed by atoms with Gasteiger partial charge in [-0.15, -0.1) is 0 Å². The summed E-state index contributed by atoms with van der Waals surface area (Å²) in [6, 6.07) is 8.72. The van der Waals surface area contributed by atoms with Crippen molar-refractivity contribution in [1.82, 2.24) is 9.80 Å². The Morgan fingerprint density at radius 3 is 2.37 bits per heavy atom. The summed E-state index contributed by atoms with van der Waals surface area (Å²) in [5.74, 6) is 0. The SMILES string of the molecule is Cc1ccccc1N1CCN(CCCN(C)C)CC1. The zero-order valence-corrected chi connectivity index (χ0v) is 12.6. The molecule has 0 spiro atoms. The molecule has 0 amide bonds. The second-order valence-electron chi connectivity index (χ2n) is 5.77. The molecule has 3 nitrogen and oxygen atoms in total. The molecule has 106 valence electrons. The van der Waals surface area contributed by atoms with Gasteiger partial charge in [-0.2, -0.15) is 0 Å². The molecule has 2 rings (SSSR count). The van der Waals surface area contributed by atoms with Gasteiger partial charge < -0.3 is 9.80 Å². The first-order chi connectivity index (χ1) is 9.16. The molecule has 0 aromatic heterocycles. The van der Waals surface area contributed by atoms with Crippen LogP contribution in [0, 0.1) is 6.92 Å². The topological polar surface area (TPSA) is 9.72 Å². The van der Waals surface area contributed by atoms with Crippen LogP contribution in [-0.2, 0) is 0 Å². The van der Waals surface area contributed by atoms with Crippen LogP contribution in [0.4, 0.5) is 5.69 Å². The van der Waals surface area contributed by atoms with Crippen molar-refractivity contribution < 1.29 is 0 Å². The van der Waals surface area contributed by atoms with Crippen molar-refractivity contribution in [2.24, 2.45) is 0 Å². The van der Waals surface area contributed by atoms with Gasteiger partial charge in [0.25, 0.3) is 0 Å². The van der Waals surface area contributed by atoms with E-state index in [1.165, 1.54) is 43.9 Å². The maximum absolute atomic E-state index is 2.60. The van der Waals surface area contributed by atoms with Crippen molar-refractivity contribution in [3.8, 4) is 0 Å². The summed E-state index contributed by atoms with van der Waals surface area (Å²) < 4.78 is 0. The zero-order chi connectivity index (χ0) is 13.7. The van der Waals surface area contributed by atoms with Crippen LogP contribution in [0.3, 0.4) is 0 Å². The fourth-order valence-electron chi connectivity index (χ4n) is 2.74. The average molecular weight is 261 g/mol. The maximum atomic E-state index is 2.60. The first-order valence-electron chi connectivity index (χ1n) is 7.34. The summed E-state index contributed by atoms with van der Waals surface area (Å²) in [4.78, 5) is 7.39. The largest absolute Gasteiger partial charge is 0.369 e. The molecule has 0 saturated carbocycles. The number of aryl methyl sites for hydroxylation is 1. The molecule has 1 saturated heterocycles. The highest BCUT2D eigenvalue weighted by Crippen LogP contribution is 2.20. The summed E-state index contributed by atoms with van der Waals surface area (Å²) in [6.45, 7) is 9.35. The highest BCUT2D eigenvalue weighted by atomic mass is 15.3. The maximum Gasteiger partial charge on any atom is 0.0396 e.